The predicted octanol–water partition coefficient (Wildman–Crippen LogP) is 6.99. The SMILES string of the molecule is CCCCCCC(C)CCOC(=O)CCCCCCCC(=O)OC1=CC=C(CC=O)CC1. The van der Waals surface area contributed by atoms with Crippen molar-refractivity contribution in [3.8, 4) is 0 Å². The molecule has 0 bridgehead atoms. The average molecular weight is 449 g/mol. The van der Waals surface area contributed by atoms with E-state index in [-0.39, 0.29) is 11.9 Å². The third kappa shape index (κ3) is 15.0. The van der Waals surface area contributed by atoms with Crippen LogP contribution in [-0.2, 0) is 23.9 Å². The highest BCUT2D eigenvalue weighted by Crippen LogP contribution is 2.21. The zero-order chi connectivity index (χ0) is 23.4. The van der Waals surface area contributed by atoms with Gasteiger partial charge in [0.15, 0.2) is 0 Å². The first-order valence-corrected chi connectivity index (χ1v) is 12.7. The number of ether oxygens (including phenoxy) is 2. The fraction of sp³-hybridized carbons (Fsp3) is 0.741. The molecule has 0 spiro atoms. The Bertz CT molecular complexity index is 605. The summed E-state index contributed by atoms with van der Waals surface area (Å²) >= 11 is 0. The number of allylic oxidation sites excluding steroid dienone is 4. The van der Waals surface area contributed by atoms with E-state index in [0.717, 1.165) is 56.8 Å². The molecular weight excluding hydrogens is 404 g/mol. The molecule has 1 unspecified atom stereocenters. The molecule has 32 heavy (non-hydrogen) atoms. The zero-order valence-corrected chi connectivity index (χ0v) is 20.4. The van der Waals surface area contributed by atoms with Gasteiger partial charge in [0.05, 0.1) is 6.61 Å². The van der Waals surface area contributed by atoms with E-state index in [0.29, 0.717) is 44.0 Å². The van der Waals surface area contributed by atoms with Crippen molar-refractivity contribution in [1.29, 1.82) is 0 Å². The number of rotatable bonds is 19. The van der Waals surface area contributed by atoms with E-state index in [1.54, 1.807) is 6.08 Å². The predicted molar refractivity (Wildman–Crippen MR) is 128 cm³/mol. The molecule has 0 aliphatic heterocycles. The third-order valence-electron chi connectivity index (χ3n) is 5.97. The molecule has 5 nitrogen and oxygen atoms in total. The number of hydrogen-bond acceptors (Lipinski definition) is 5. The number of hydrogen-bond donors (Lipinski definition) is 0. The lowest BCUT2D eigenvalue weighted by Crippen LogP contribution is -2.08. The number of unbranched alkanes of at least 4 members (excludes halogenated alkanes) is 7. The average Bonchev–Trinajstić information content (AvgIpc) is 2.77. The van der Waals surface area contributed by atoms with E-state index < -0.39 is 0 Å². The molecule has 0 radical (unpaired) electrons. The second-order valence-electron chi connectivity index (χ2n) is 9.03. The number of carbonyl (C=O) groups is 3. The molecule has 0 saturated carbocycles. The zero-order valence-electron chi connectivity index (χ0n) is 20.4. The van der Waals surface area contributed by atoms with E-state index >= 15 is 0 Å². The molecule has 1 aliphatic rings. The van der Waals surface area contributed by atoms with Crippen LogP contribution in [0.25, 0.3) is 0 Å². The molecular formula is C27H44O5. The Morgan fingerprint density at radius 1 is 0.906 bits per heavy atom. The Morgan fingerprint density at radius 2 is 1.59 bits per heavy atom. The minimum Gasteiger partial charge on any atom is -0.466 e. The van der Waals surface area contributed by atoms with Crippen molar-refractivity contribution in [2.24, 2.45) is 5.92 Å². The summed E-state index contributed by atoms with van der Waals surface area (Å²) in [5.41, 5.74) is 1.08. The largest absolute Gasteiger partial charge is 0.466 e. The quantitative estimate of drug-likeness (QED) is 0.121. The molecule has 0 amide bonds. The van der Waals surface area contributed by atoms with Crippen LogP contribution in [0.15, 0.2) is 23.5 Å². The fourth-order valence-corrected chi connectivity index (χ4v) is 3.80. The molecule has 1 atom stereocenters. The Kier molecular flexibility index (Phi) is 16.4. The molecule has 0 aromatic rings. The summed E-state index contributed by atoms with van der Waals surface area (Å²) in [6.45, 7) is 5.01. The molecule has 0 heterocycles. The minimum atomic E-state index is -0.188. The highest BCUT2D eigenvalue weighted by atomic mass is 16.5. The van der Waals surface area contributed by atoms with Crippen LogP contribution in [0.2, 0.25) is 0 Å². The fourth-order valence-electron chi connectivity index (χ4n) is 3.80. The first-order chi connectivity index (χ1) is 15.5. The van der Waals surface area contributed by atoms with Crippen molar-refractivity contribution in [3.05, 3.63) is 23.5 Å². The summed E-state index contributed by atoms with van der Waals surface area (Å²) < 4.78 is 10.8. The van der Waals surface area contributed by atoms with Gasteiger partial charge in [-0.25, -0.2) is 0 Å². The topological polar surface area (TPSA) is 69.7 Å². The number of aldehydes is 1. The molecule has 5 heteroatoms. The van der Waals surface area contributed by atoms with Crippen LogP contribution in [-0.4, -0.2) is 24.8 Å². The molecule has 0 saturated heterocycles. The first-order valence-electron chi connectivity index (χ1n) is 12.7. The van der Waals surface area contributed by atoms with E-state index in [9.17, 15) is 14.4 Å². The second kappa shape index (κ2) is 18.6. The smallest absolute Gasteiger partial charge is 0.310 e. The van der Waals surface area contributed by atoms with Crippen LogP contribution in [0.4, 0.5) is 0 Å². The maximum absolute atomic E-state index is 11.9. The van der Waals surface area contributed by atoms with Crippen molar-refractivity contribution in [2.75, 3.05) is 6.61 Å². The van der Waals surface area contributed by atoms with E-state index in [4.69, 9.17) is 9.47 Å². The Labute approximate surface area is 195 Å². The highest BCUT2D eigenvalue weighted by molar-refractivity contribution is 5.70. The van der Waals surface area contributed by atoms with Crippen molar-refractivity contribution in [1.82, 2.24) is 0 Å². The van der Waals surface area contributed by atoms with Crippen molar-refractivity contribution < 1.29 is 23.9 Å². The van der Waals surface area contributed by atoms with Crippen LogP contribution < -0.4 is 0 Å². The van der Waals surface area contributed by atoms with Gasteiger partial charge in [0.1, 0.15) is 12.0 Å². The normalized spacial score (nSPS) is 14.3. The van der Waals surface area contributed by atoms with Crippen LogP contribution in [0.1, 0.15) is 117 Å². The molecule has 0 aromatic carbocycles. The number of carbonyl (C=O) groups excluding carboxylic acids is 3. The van der Waals surface area contributed by atoms with E-state index in [1.807, 2.05) is 6.08 Å². The van der Waals surface area contributed by atoms with Crippen molar-refractivity contribution in [3.63, 3.8) is 0 Å². The maximum atomic E-state index is 11.9. The summed E-state index contributed by atoms with van der Waals surface area (Å²) in [4.78, 5) is 34.3. The van der Waals surface area contributed by atoms with Crippen LogP contribution in [0.5, 0.6) is 0 Å². The third-order valence-corrected chi connectivity index (χ3v) is 5.97. The van der Waals surface area contributed by atoms with Crippen LogP contribution in [0, 0.1) is 5.92 Å². The summed E-state index contributed by atoms with van der Waals surface area (Å²) in [5.74, 6) is 1.04. The molecule has 1 rings (SSSR count). The first kappa shape index (κ1) is 28.1. The minimum absolute atomic E-state index is 0.0853. The standard InChI is InChI=1S/C27H44O5/c1-3-4-5-9-12-23(2)20-22-31-26(29)13-10-7-6-8-11-14-27(30)32-25-17-15-24(16-18-25)19-21-28/h15,17,21,23H,3-14,16,18-20,22H2,1-2H3. The summed E-state index contributed by atoms with van der Waals surface area (Å²) in [7, 11) is 0. The highest BCUT2D eigenvalue weighted by Gasteiger charge is 2.11. The van der Waals surface area contributed by atoms with E-state index in [1.165, 1.54) is 32.1 Å². The van der Waals surface area contributed by atoms with Gasteiger partial charge in [-0.15, -0.1) is 0 Å². The number of esters is 2. The monoisotopic (exact) mass is 448 g/mol. The van der Waals surface area contributed by atoms with Gasteiger partial charge in [0, 0.05) is 25.7 Å². The Morgan fingerprint density at radius 3 is 2.25 bits per heavy atom. The van der Waals surface area contributed by atoms with Crippen molar-refractivity contribution >= 4 is 18.2 Å². The maximum Gasteiger partial charge on any atom is 0.310 e. The van der Waals surface area contributed by atoms with Gasteiger partial charge < -0.3 is 14.3 Å². The lowest BCUT2D eigenvalue weighted by atomic mass is 10.00. The van der Waals surface area contributed by atoms with Gasteiger partial charge in [-0.05, 0) is 37.7 Å². The van der Waals surface area contributed by atoms with Gasteiger partial charge in [-0.3, -0.25) is 9.59 Å². The summed E-state index contributed by atoms with van der Waals surface area (Å²) in [6.07, 6.45) is 19.3. The lowest BCUT2D eigenvalue weighted by molar-refractivity contribution is -0.144. The summed E-state index contributed by atoms with van der Waals surface area (Å²) in [6, 6.07) is 0. The Hall–Kier alpha value is -1.91. The van der Waals surface area contributed by atoms with Gasteiger partial charge in [-0.1, -0.05) is 76.9 Å². The Balaban J connectivity index is 1.95. The van der Waals surface area contributed by atoms with Gasteiger partial charge >= 0.3 is 11.9 Å². The molecule has 0 N–H and O–H groups in total. The summed E-state index contributed by atoms with van der Waals surface area (Å²) in [5, 5.41) is 0. The van der Waals surface area contributed by atoms with Crippen molar-refractivity contribution in [2.45, 2.75) is 117 Å². The molecule has 1 aliphatic carbocycles. The van der Waals surface area contributed by atoms with Gasteiger partial charge in [0.25, 0.3) is 0 Å². The van der Waals surface area contributed by atoms with Crippen LogP contribution >= 0.6 is 0 Å². The van der Waals surface area contributed by atoms with Gasteiger partial charge in [-0.2, -0.15) is 0 Å². The molecule has 0 aromatic heterocycles. The molecule has 0 fully saturated rings. The second-order valence-corrected chi connectivity index (χ2v) is 9.03. The van der Waals surface area contributed by atoms with E-state index in [2.05, 4.69) is 13.8 Å². The lowest BCUT2D eigenvalue weighted by Gasteiger charge is -2.13. The van der Waals surface area contributed by atoms with Crippen LogP contribution in [0.3, 0.4) is 0 Å². The van der Waals surface area contributed by atoms with Gasteiger partial charge in [0.2, 0.25) is 0 Å². The molecule has 182 valence electrons.